The molecule has 0 bridgehead atoms. The lowest BCUT2D eigenvalue weighted by molar-refractivity contribution is 1.10. The first kappa shape index (κ1) is 5.61. The lowest BCUT2D eigenvalue weighted by Crippen LogP contribution is -1.67. The Hall–Kier alpha value is -0.520. The SMILES string of the molecule is C=CC(C)=CC1CC1. The van der Waals surface area contributed by atoms with Crippen molar-refractivity contribution in [3.05, 3.63) is 24.3 Å². The third kappa shape index (κ3) is 1.53. The van der Waals surface area contributed by atoms with Gasteiger partial charge < -0.3 is 0 Å². The molecule has 0 saturated heterocycles. The van der Waals surface area contributed by atoms with Crippen LogP contribution in [0.2, 0.25) is 0 Å². The van der Waals surface area contributed by atoms with Crippen LogP contribution >= 0.6 is 0 Å². The van der Waals surface area contributed by atoms with E-state index in [1.807, 2.05) is 6.08 Å². The highest BCUT2D eigenvalue weighted by Gasteiger charge is 2.17. The van der Waals surface area contributed by atoms with E-state index in [0.29, 0.717) is 0 Å². The first-order chi connectivity index (χ1) is 3.83. The quantitative estimate of drug-likeness (QED) is 0.477. The number of hydrogen-bond acceptors (Lipinski definition) is 0. The molecule has 0 aromatic carbocycles. The van der Waals surface area contributed by atoms with Gasteiger partial charge in [0, 0.05) is 0 Å². The highest BCUT2D eigenvalue weighted by molar-refractivity contribution is 5.16. The van der Waals surface area contributed by atoms with Gasteiger partial charge in [-0.05, 0) is 25.7 Å². The second kappa shape index (κ2) is 2.17. The van der Waals surface area contributed by atoms with E-state index in [0.717, 1.165) is 5.92 Å². The molecule has 0 unspecified atom stereocenters. The second-order valence-electron chi connectivity index (χ2n) is 2.45. The van der Waals surface area contributed by atoms with Gasteiger partial charge in [-0.2, -0.15) is 0 Å². The monoisotopic (exact) mass is 108 g/mol. The van der Waals surface area contributed by atoms with Gasteiger partial charge in [0.25, 0.3) is 0 Å². The molecule has 0 radical (unpaired) electrons. The lowest BCUT2D eigenvalue weighted by atomic mass is 10.2. The topological polar surface area (TPSA) is 0 Å². The van der Waals surface area contributed by atoms with Crippen LogP contribution in [-0.2, 0) is 0 Å². The Morgan fingerprint density at radius 1 is 1.62 bits per heavy atom. The van der Waals surface area contributed by atoms with Crippen LogP contribution in [0.1, 0.15) is 19.8 Å². The summed E-state index contributed by atoms with van der Waals surface area (Å²) in [6.07, 6.45) is 7.00. The molecular weight excluding hydrogens is 96.1 g/mol. The Bertz CT molecular complexity index is 116. The molecule has 0 aliphatic heterocycles. The Morgan fingerprint density at radius 3 is 2.62 bits per heavy atom. The molecule has 0 aromatic rings. The van der Waals surface area contributed by atoms with Gasteiger partial charge in [-0.15, -0.1) is 0 Å². The summed E-state index contributed by atoms with van der Waals surface area (Å²) in [4.78, 5) is 0. The highest BCUT2D eigenvalue weighted by atomic mass is 14.2. The molecule has 0 atom stereocenters. The first-order valence-electron chi connectivity index (χ1n) is 3.14. The van der Waals surface area contributed by atoms with Crippen LogP contribution in [0.5, 0.6) is 0 Å². The average molecular weight is 108 g/mol. The second-order valence-corrected chi connectivity index (χ2v) is 2.45. The Kier molecular flexibility index (Phi) is 1.52. The summed E-state index contributed by atoms with van der Waals surface area (Å²) in [5.41, 5.74) is 1.33. The molecular formula is C8H12. The molecule has 0 aromatic heterocycles. The Morgan fingerprint density at radius 2 is 2.25 bits per heavy atom. The van der Waals surface area contributed by atoms with E-state index in [9.17, 15) is 0 Å². The lowest BCUT2D eigenvalue weighted by Gasteiger charge is -1.85. The molecule has 1 fully saturated rings. The molecule has 44 valence electrons. The van der Waals surface area contributed by atoms with Gasteiger partial charge in [0.05, 0.1) is 0 Å². The van der Waals surface area contributed by atoms with Gasteiger partial charge in [-0.25, -0.2) is 0 Å². The molecule has 1 aliphatic rings. The van der Waals surface area contributed by atoms with Crippen molar-refractivity contribution in [1.82, 2.24) is 0 Å². The maximum absolute atomic E-state index is 3.67. The molecule has 1 aliphatic carbocycles. The van der Waals surface area contributed by atoms with Crippen molar-refractivity contribution in [2.75, 3.05) is 0 Å². The van der Waals surface area contributed by atoms with E-state index in [4.69, 9.17) is 0 Å². The van der Waals surface area contributed by atoms with Crippen LogP contribution in [0.25, 0.3) is 0 Å². The van der Waals surface area contributed by atoms with Crippen LogP contribution < -0.4 is 0 Å². The first-order valence-corrected chi connectivity index (χ1v) is 3.14. The maximum Gasteiger partial charge on any atom is -0.0227 e. The molecule has 1 rings (SSSR count). The molecule has 0 N–H and O–H groups in total. The minimum Gasteiger partial charge on any atom is -0.0988 e. The third-order valence-electron chi connectivity index (χ3n) is 1.44. The standard InChI is InChI=1S/C8H12/c1-3-7(2)6-8-4-5-8/h3,6,8H,1,4-5H2,2H3. The van der Waals surface area contributed by atoms with Gasteiger partial charge in [0.1, 0.15) is 0 Å². The van der Waals surface area contributed by atoms with Crippen LogP contribution in [0, 0.1) is 5.92 Å². The molecule has 0 nitrogen and oxygen atoms in total. The van der Waals surface area contributed by atoms with Gasteiger partial charge in [0.15, 0.2) is 0 Å². The van der Waals surface area contributed by atoms with Gasteiger partial charge in [-0.1, -0.05) is 24.3 Å². The zero-order chi connectivity index (χ0) is 5.98. The third-order valence-corrected chi connectivity index (χ3v) is 1.44. The molecule has 8 heavy (non-hydrogen) atoms. The van der Waals surface area contributed by atoms with Crippen LogP contribution in [-0.4, -0.2) is 0 Å². The van der Waals surface area contributed by atoms with E-state index < -0.39 is 0 Å². The van der Waals surface area contributed by atoms with E-state index in [-0.39, 0.29) is 0 Å². The largest absolute Gasteiger partial charge is 0.0988 e. The van der Waals surface area contributed by atoms with Gasteiger partial charge in [0.2, 0.25) is 0 Å². The summed E-state index contributed by atoms with van der Waals surface area (Å²) < 4.78 is 0. The highest BCUT2D eigenvalue weighted by Crippen LogP contribution is 2.31. The maximum atomic E-state index is 3.67. The van der Waals surface area contributed by atoms with Crippen molar-refractivity contribution < 1.29 is 0 Å². The molecule has 0 heterocycles. The van der Waals surface area contributed by atoms with Gasteiger partial charge >= 0.3 is 0 Å². The van der Waals surface area contributed by atoms with Gasteiger partial charge in [-0.3, -0.25) is 0 Å². The minimum absolute atomic E-state index is 0.896. The van der Waals surface area contributed by atoms with Crippen molar-refractivity contribution in [3.8, 4) is 0 Å². The summed E-state index contributed by atoms with van der Waals surface area (Å²) in [5, 5.41) is 0. The predicted octanol–water partition coefficient (Wildman–Crippen LogP) is 2.53. The zero-order valence-corrected chi connectivity index (χ0v) is 5.35. The fraction of sp³-hybridized carbons (Fsp3) is 0.500. The molecule has 0 amide bonds. The number of rotatable bonds is 2. The fourth-order valence-electron chi connectivity index (χ4n) is 0.703. The zero-order valence-electron chi connectivity index (χ0n) is 5.35. The molecule has 0 spiro atoms. The van der Waals surface area contributed by atoms with Crippen molar-refractivity contribution >= 4 is 0 Å². The van der Waals surface area contributed by atoms with Crippen molar-refractivity contribution in [3.63, 3.8) is 0 Å². The van der Waals surface area contributed by atoms with Crippen molar-refractivity contribution in [2.24, 2.45) is 5.92 Å². The van der Waals surface area contributed by atoms with E-state index in [1.54, 1.807) is 0 Å². The van der Waals surface area contributed by atoms with Crippen molar-refractivity contribution in [2.45, 2.75) is 19.8 Å². The van der Waals surface area contributed by atoms with Crippen molar-refractivity contribution in [1.29, 1.82) is 0 Å². The van der Waals surface area contributed by atoms with E-state index in [1.165, 1.54) is 18.4 Å². The number of hydrogen-bond donors (Lipinski definition) is 0. The van der Waals surface area contributed by atoms with E-state index >= 15 is 0 Å². The van der Waals surface area contributed by atoms with Crippen LogP contribution in [0.4, 0.5) is 0 Å². The molecule has 0 heteroatoms. The Labute approximate surface area is 50.9 Å². The van der Waals surface area contributed by atoms with Crippen LogP contribution in [0.15, 0.2) is 24.3 Å². The summed E-state index contributed by atoms with van der Waals surface area (Å²) in [6.45, 7) is 5.78. The minimum atomic E-state index is 0.896. The summed E-state index contributed by atoms with van der Waals surface area (Å²) >= 11 is 0. The number of allylic oxidation sites excluding steroid dienone is 3. The summed E-state index contributed by atoms with van der Waals surface area (Å²) in [6, 6.07) is 0. The Balaban J connectivity index is 2.38. The summed E-state index contributed by atoms with van der Waals surface area (Å²) in [7, 11) is 0. The normalized spacial score (nSPS) is 20.9. The predicted molar refractivity (Wildman–Crippen MR) is 36.7 cm³/mol. The average Bonchev–Trinajstić information content (AvgIpc) is 2.50. The summed E-state index contributed by atoms with van der Waals surface area (Å²) in [5.74, 6) is 0.896. The molecule has 1 saturated carbocycles. The van der Waals surface area contributed by atoms with E-state index in [2.05, 4.69) is 19.6 Å². The van der Waals surface area contributed by atoms with Crippen LogP contribution in [0.3, 0.4) is 0 Å². The smallest absolute Gasteiger partial charge is 0.0227 e. The fourth-order valence-corrected chi connectivity index (χ4v) is 0.703.